The highest BCUT2D eigenvalue weighted by Gasteiger charge is 2.21. The second-order valence-electron chi connectivity index (χ2n) is 7.20. The summed E-state index contributed by atoms with van der Waals surface area (Å²) in [6.07, 6.45) is 4.09. The molecule has 1 aliphatic heterocycles. The number of phenolic OH excluding ortho intramolecular Hbond substituents is 1. The zero-order chi connectivity index (χ0) is 18.3. The highest BCUT2D eigenvalue weighted by Crippen LogP contribution is 2.30. The third kappa shape index (κ3) is 2.99. The Kier molecular flexibility index (Phi) is 4.24. The first kappa shape index (κ1) is 16.8. The smallest absolute Gasteiger partial charge is 0.192 e. The Balaban J connectivity index is 1.77. The first-order chi connectivity index (χ1) is 12.5. The minimum atomic E-state index is 0.198. The van der Waals surface area contributed by atoms with Gasteiger partial charge in [0, 0.05) is 24.5 Å². The number of nitrogens with zero attached hydrogens (tertiary/aromatic N) is 5. The van der Waals surface area contributed by atoms with Gasteiger partial charge in [0.2, 0.25) is 0 Å². The van der Waals surface area contributed by atoms with Gasteiger partial charge in [-0.2, -0.15) is 0 Å². The Morgan fingerprint density at radius 2 is 2.08 bits per heavy atom. The van der Waals surface area contributed by atoms with E-state index in [2.05, 4.69) is 32.4 Å². The second-order valence-corrected chi connectivity index (χ2v) is 7.20. The Morgan fingerprint density at radius 1 is 1.23 bits per heavy atom. The molecule has 0 saturated carbocycles. The number of hydrogen-bond donors (Lipinski definition) is 2. The number of benzene rings is 1. The fraction of sp³-hybridized carbons (Fsp3) is 0.421. The van der Waals surface area contributed by atoms with Crippen LogP contribution in [0.1, 0.15) is 24.1 Å². The molecule has 0 unspecified atom stereocenters. The van der Waals surface area contributed by atoms with Crippen LogP contribution in [0.3, 0.4) is 0 Å². The normalized spacial score (nSPS) is 18.3. The monoisotopic (exact) mass is 352 g/mol. The molecule has 3 aromatic rings. The molecule has 2 aromatic heterocycles. The third-order valence-electron chi connectivity index (χ3n) is 4.97. The maximum Gasteiger partial charge on any atom is 0.192 e. The first-order valence-corrected chi connectivity index (χ1v) is 8.98. The number of aryl methyl sites for hydroxylation is 2. The Morgan fingerprint density at radius 3 is 2.85 bits per heavy atom. The van der Waals surface area contributed by atoms with Crippen molar-refractivity contribution in [1.29, 1.82) is 0 Å². The number of anilines is 1. The lowest BCUT2D eigenvalue weighted by Crippen LogP contribution is -2.40. The van der Waals surface area contributed by atoms with Crippen LogP contribution in [-0.2, 0) is 0 Å². The maximum absolute atomic E-state index is 10.4. The van der Waals surface area contributed by atoms with Gasteiger partial charge in [-0.25, -0.2) is 4.98 Å². The summed E-state index contributed by atoms with van der Waals surface area (Å²) in [6.45, 7) is 6.04. The lowest BCUT2D eigenvalue weighted by Gasteiger charge is -2.30. The summed E-state index contributed by atoms with van der Waals surface area (Å²) in [5.41, 5.74) is 3.34. The van der Waals surface area contributed by atoms with Crippen molar-refractivity contribution in [1.82, 2.24) is 24.5 Å². The van der Waals surface area contributed by atoms with Gasteiger partial charge >= 0.3 is 0 Å². The molecular formula is C19H24N6O. The van der Waals surface area contributed by atoms with E-state index in [1.165, 1.54) is 6.42 Å². The number of rotatable bonds is 3. The number of nitrogens with one attached hydrogen (secondary N) is 1. The van der Waals surface area contributed by atoms with E-state index in [1.54, 1.807) is 6.07 Å². The number of fused-ring (bicyclic) bond motifs is 1. The van der Waals surface area contributed by atoms with Gasteiger partial charge in [0.05, 0.1) is 5.56 Å². The quantitative estimate of drug-likeness (QED) is 0.754. The van der Waals surface area contributed by atoms with Gasteiger partial charge in [0.25, 0.3) is 0 Å². The van der Waals surface area contributed by atoms with E-state index in [-0.39, 0.29) is 5.75 Å². The molecule has 1 aromatic carbocycles. The summed E-state index contributed by atoms with van der Waals surface area (Å²) in [7, 11) is 2.14. The van der Waals surface area contributed by atoms with Crippen LogP contribution in [0.2, 0.25) is 0 Å². The molecular weight excluding hydrogens is 328 g/mol. The van der Waals surface area contributed by atoms with Gasteiger partial charge in [0.1, 0.15) is 5.75 Å². The van der Waals surface area contributed by atoms with Crippen LogP contribution < -0.4 is 5.32 Å². The molecule has 3 heterocycles. The standard InChI is InChI=1S/C19H24N6O/c1-12-6-7-15(16(26)9-12)18-23-22-17(19-20-10-13(2)25(18)19)21-14-5-4-8-24(3)11-14/h6-7,9-10,14,26H,4-5,8,11H2,1-3H3,(H,21,22)/t14-/m1/s1. The summed E-state index contributed by atoms with van der Waals surface area (Å²) in [5.74, 6) is 1.48. The summed E-state index contributed by atoms with van der Waals surface area (Å²) in [6, 6.07) is 5.90. The van der Waals surface area contributed by atoms with E-state index in [1.807, 2.05) is 36.6 Å². The molecule has 0 bridgehead atoms. The van der Waals surface area contributed by atoms with Crippen molar-refractivity contribution in [2.75, 3.05) is 25.5 Å². The van der Waals surface area contributed by atoms with Crippen LogP contribution in [-0.4, -0.2) is 55.8 Å². The SMILES string of the molecule is Cc1ccc(-c2nnc(N[C@@H]3CCCN(C)C3)c3ncc(C)n23)c(O)c1. The molecule has 26 heavy (non-hydrogen) atoms. The molecule has 1 aliphatic rings. The van der Waals surface area contributed by atoms with Crippen LogP contribution in [0.15, 0.2) is 24.4 Å². The summed E-state index contributed by atoms with van der Waals surface area (Å²) < 4.78 is 1.95. The number of hydrogen-bond acceptors (Lipinski definition) is 6. The van der Waals surface area contributed by atoms with Crippen LogP contribution in [0, 0.1) is 13.8 Å². The van der Waals surface area contributed by atoms with E-state index in [0.29, 0.717) is 23.2 Å². The zero-order valence-electron chi connectivity index (χ0n) is 15.4. The molecule has 7 heteroatoms. The average molecular weight is 352 g/mol. The number of likely N-dealkylation sites (N-methyl/N-ethyl adjacent to an activating group) is 1. The topological polar surface area (TPSA) is 78.6 Å². The second kappa shape index (κ2) is 6.57. The largest absolute Gasteiger partial charge is 0.507 e. The lowest BCUT2D eigenvalue weighted by molar-refractivity contribution is 0.260. The molecule has 1 fully saturated rings. The van der Waals surface area contributed by atoms with Gasteiger partial charge in [-0.15, -0.1) is 10.2 Å². The molecule has 1 atom stereocenters. The molecule has 2 N–H and O–H groups in total. The molecule has 1 saturated heterocycles. The highest BCUT2D eigenvalue weighted by molar-refractivity contribution is 5.71. The van der Waals surface area contributed by atoms with Crippen molar-refractivity contribution in [3.05, 3.63) is 35.7 Å². The highest BCUT2D eigenvalue weighted by atomic mass is 16.3. The molecule has 0 radical (unpaired) electrons. The summed E-state index contributed by atoms with van der Waals surface area (Å²) >= 11 is 0. The Bertz CT molecular complexity index is 951. The van der Waals surface area contributed by atoms with Crippen LogP contribution >= 0.6 is 0 Å². The van der Waals surface area contributed by atoms with Gasteiger partial charge < -0.3 is 15.3 Å². The number of phenols is 1. The van der Waals surface area contributed by atoms with Crippen LogP contribution in [0.5, 0.6) is 5.75 Å². The van der Waals surface area contributed by atoms with E-state index in [9.17, 15) is 5.11 Å². The minimum absolute atomic E-state index is 0.198. The molecule has 4 rings (SSSR count). The average Bonchev–Trinajstić information content (AvgIpc) is 2.99. The molecule has 136 valence electrons. The number of aromatic hydroxyl groups is 1. The van der Waals surface area contributed by atoms with E-state index >= 15 is 0 Å². The number of piperidine rings is 1. The fourth-order valence-corrected chi connectivity index (χ4v) is 3.63. The maximum atomic E-state index is 10.4. The molecule has 0 spiro atoms. The zero-order valence-corrected chi connectivity index (χ0v) is 15.4. The predicted molar refractivity (Wildman–Crippen MR) is 101 cm³/mol. The first-order valence-electron chi connectivity index (χ1n) is 8.98. The fourth-order valence-electron chi connectivity index (χ4n) is 3.63. The van der Waals surface area contributed by atoms with Gasteiger partial charge in [-0.05, 0) is 58.0 Å². The third-order valence-corrected chi connectivity index (χ3v) is 4.97. The predicted octanol–water partition coefficient (Wildman–Crippen LogP) is 2.62. The van der Waals surface area contributed by atoms with E-state index in [0.717, 1.165) is 36.4 Å². The molecule has 0 amide bonds. The number of aromatic nitrogens is 4. The van der Waals surface area contributed by atoms with Crippen molar-refractivity contribution < 1.29 is 5.11 Å². The summed E-state index contributed by atoms with van der Waals surface area (Å²) in [5, 5.41) is 22.7. The Hall–Kier alpha value is -2.67. The van der Waals surface area contributed by atoms with Gasteiger partial charge in [-0.3, -0.25) is 4.40 Å². The van der Waals surface area contributed by atoms with E-state index < -0.39 is 0 Å². The van der Waals surface area contributed by atoms with E-state index in [4.69, 9.17) is 0 Å². The Labute approximate surface area is 152 Å². The van der Waals surface area contributed by atoms with Crippen molar-refractivity contribution in [3.63, 3.8) is 0 Å². The molecule has 7 nitrogen and oxygen atoms in total. The number of likely N-dealkylation sites (tertiary alicyclic amines) is 1. The van der Waals surface area contributed by atoms with Gasteiger partial charge in [-0.1, -0.05) is 6.07 Å². The van der Waals surface area contributed by atoms with Crippen LogP contribution in [0.25, 0.3) is 17.0 Å². The van der Waals surface area contributed by atoms with Crippen molar-refractivity contribution in [2.45, 2.75) is 32.7 Å². The van der Waals surface area contributed by atoms with Crippen LogP contribution in [0.4, 0.5) is 5.82 Å². The van der Waals surface area contributed by atoms with Crippen molar-refractivity contribution in [3.8, 4) is 17.1 Å². The van der Waals surface area contributed by atoms with Crippen molar-refractivity contribution in [2.24, 2.45) is 0 Å². The summed E-state index contributed by atoms with van der Waals surface area (Å²) in [4.78, 5) is 6.86. The minimum Gasteiger partial charge on any atom is -0.507 e. The van der Waals surface area contributed by atoms with Crippen molar-refractivity contribution >= 4 is 11.5 Å². The number of imidazole rings is 1. The molecule has 0 aliphatic carbocycles. The van der Waals surface area contributed by atoms with Gasteiger partial charge in [0.15, 0.2) is 17.3 Å². The lowest BCUT2D eigenvalue weighted by atomic mass is 10.1.